The molecule has 1 N–H and O–H groups in total. The Bertz CT molecular complexity index is 106. The summed E-state index contributed by atoms with van der Waals surface area (Å²) in [4.78, 5) is 0. The van der Waals surface area contributed by atoms with Crippen molar-refractivity contribution in [1.82, 2.24) is 0 Å². The van der Waals surface area contributed by atoms with E-state index in [1.807, 2.05) is 0 Å². The molecule has 12 heavy (non-hydrogen) atoms. The molecule has 70 valence electrons. The van der Waals surface area contributed by atoms with Crippen LogP contribution in [0.15, 0.2) is 0 Å². The Hall–Kier alpha value is -0.730. The van der Waals surface area contributed by atoms with E-state index in [0.717, 1.165) is 22.5 Å². The number of hydrogen-bond acceptors (Lipinski definition) is 2. The first-order chi connectivity index (χ1) is 4.95. The van der Waals surface area contributed by atoms with Gasteiger partial charge >= 0.3 is 0 Å². The minimum atomic E-state index is -0.193. The quantitative estimate of drug-likeness (QED) is 0.496. The maximum atomic E-state index is 9.45. The molecule has 1 atom stereocenters. The zero-order chi connectivity index (χ0) is 8.91. The average molecular weight is 444 g/mol. The third-order valence-corrected chi connectivity index (χ3v) is 2.12. The Balaban J connectivity index is 0. The number of nitrogens with zero attached hydrogens (tertiary/aromatic N) is 1. The molecular weight excluding hydrogens is 425 g/mol. The second-order valence-corrected chi connectivity index (χ2v) is 4.85. The zero-order valence-corrected chi connectivity index (χ0v) is 15.6. The Morgan fingerprint density at radius 3 is 2.25 bits per heavy atom. The molecular formula is C8H19NORfS. The largest absolute Gasteiger partial charge is 0.386 e. The molecule has 0 aromatic carbocycles. The van der Waals surface area contributed by atoms with Gasteiger partial charge in [-0.25, -0.2) is 0 Å². The normalized spacial score (nSPS) is 13.8. The first-order valence-electron chi connectivity index (χ1n) is 3.81. The van der Waals surface area contributed by atoms with Crippen LogP contribution >= 0.6 is 11.8 Å². The van der Waals surface area contributed by atoms with E-state index in [2.05, 4.69) is 28.1 Å². The standard InChI is InChI=1S/C8H19NOS.Rf/c1-5-11-7-8(10)6-9(2,3)4;/h8,10H,1,5-7H2,2-4H3;. The average Bonchev–Trinajstić information content (AvgIpc) is 1.79. The second kappa shape index (κ2) is 5.86. The molecule has 0 radical (unpaired) electrons. The van der Waals surface area contributed by atoms with Gasteiger partial charge in [-0.3, -0.25) is 0 Å². The first kappa shape index (κ1) is 13.8. The monoisotopic (exact) mass is 444 g/mol. The van der Waals surface area contributed by atoms with Crippen LogP contribution in [0.5, 0.6) is 0 Å². The van der Waals surface area contributed by atoms with Crippen molar-refractivity contribution in [1.29, 1.82) is 0 Å². The van der Waals surface area contributed by atoms with Gasteiger partial charge < -0.3 is 16.5 Å². The first-order valence-corrected chi connectivity index (χ1v) is 4.96. The molecule has 0 heterocycles. The maximum absolute atomic E-state index is 9.45. The number of hydrogen-bond donors (Lipinski definition) is 1. The number of aliphatic hydroxyl groups is 1. The van der Waals surface area contributed by atoms with Crippen LogP contribution < -0.4 is 0 Å². The van der Waals surface area contributed by atoms with Crippen molar-refractivity contribution in [2.24, 2.45) is 0 Å². The molecule has 0 amide bonds. The van der Waals surface area contributed by atoms with Crippen LogP contribution in [0.4, 0.5) is 0 Å². The zero-order valence-electron chi connectivity index (χ0n) is 8.42. The Morgan fingerprint density at radius 2 is 1.92 bits per heavy atom. The summed E-state index contributed by atoms with van der Waals surface area (Å²) >= 11 is 1.69. The Morgan fingerprint density at radius 1 is 1.42 bits per heavy atom. The third-order valence-electron chi connectivity index (χ3n) is 1.21. The molecule has 0 saturated carbocycles. The number of likely N-dealkylation sites (N-methyl/N-ethyl adjacent to an activating group) is 1. The summed E-state index contributed by atoms with van der Waals surface area (Å²) < 4.78 is 0.818. The van der Waals surface area contributed by atoms with E-state index in [1.165, 1.54) is 0 Å². The van der Waals surface area contributed by atoms with Crippen molar-refractivity contribution in [3.63, 3.8) is 0 Å². The molecule has 0 fully saturated rings. The van der Waals surface area contributed by atoms with E-state index >= 15 is 0 Å². The van der Waals surface area contributed by atoms with E-state index in [-0.39, 0.29) is 6.10 Å². The smallest absolute Gasteiger partial charge is 0.112 e. The predicted octanol–water partition coefficient (Wildman–Crippen LogP) is 0.621. The summed E-state index contributed by atoms with van der Waals surface area (Å²) in [5.41, 5.74) is 0. The molecule has 0 spiro atoms. The molecule has 1 unspecified atom stereocenters. The number of rotatable bonds is 5. The van der Waals surface area contributed by atoms with Gasteiger partial charge in [0.2, 0.25) is 0 Å². The van der Waals surface area contributed by atoms with Crippen molar-refractivity contribution >= 4 is 11.8 Å². The summed E-state index contributed by atoms with van der Waals surface area (Å²) in [5, 5.41) is 9.45. The van der Waals surface area contributed by atoms with E-state index in [9.17, 15) is 5.11 Å². The van der Waals surface area contributed by atoms with E-state index in [0.29, 0.717) is 0 Å². The fourth-order valence-electron chi connectivity index (χ4n) is 0.904. The number of aliphatic hydroxyl groups excluding tert-OH is 1. The molecule has 0 aliphatic rings. The van der Waals surface area contributed by atoms with Crippen LogP contribution in [0, 0.1) is 6.92 Å². The number of thioether (sulfide) groups is 1. The van der Waals surface area contributed by atoms with Gasteiger partial charge in [0.25, 0.3) is 0 Å². The van der Waals surface area contributed by atoms with Gasteiger partial charge in [-0.2, -0.15) is 11.8 Å². The molecule has 0 bridgehead atoms. The minimum absolute atomic E-state index is 0. The van der Waals surface area contributed by atoms with Crippen molar-refractivity contribution in [3.8, 4) is 0 Å². The van der Waals surface area contributed by atoms with Gasteiger partial charge in [0, 0.05) is 5.75 Å². The van der Waals surface area contributed by atoms with E-state index in [1.54, 1.807) is 11.8 Å². The second-order valence-electron chi connectivity index (χ2n) is 3.70. The van der Waals surface area contributed by atoms with Gasteiger partial charge in [0.15, 0.2) is 0 Å². The SMILES string of the molecule is [CH2-]CSCC(O)C[N+](C)(C)C.[Rf]. The van der Waals surface area contributed by atoms with Gasteiger partial charge in [-0.05, 0) is 0 Å². The van der Waals surface area contributed by atoms with Crippen molar-refractivity contribution in [2.45, 2.75) is 6.10 Å². The van der Waals surface area contributed by atoms with E-state index in [4.69, 9.17) is 0 Å². The molecule has 4 heteroatoms. The molecule has 0 rings (SSSR count). The summed E-state index contributed by atoms with van der Waals surface area (Å²) in [7, 11) is 6.24. The molecule has 0 saturated heterocycles. The minimum Gasteiger partial charge on any atom is -0.386 e. The van der Waals surface area contributed by atoms with E-state index < -0.39 is 0 Å². The van der Waals surface area contributed by atoms with Gasteiger partial charge in [-0.1, -0.05) is 0 Å². The molecule has 0 aromatic rings. The molecule has 0 aliphatic carbocycles. The Kier molecular flexibility index (Phi) is 6.76. The van der Waals surface area contributed by atoms with Crippen LogP contribution in [0.25, 0.3) is 0 Å². The summed E-state index contributed by atoms with van der Waals surface area (Å²) in [6.45, 7) is 4.51. The summed E-state index contributed by atoms with van der Waals surface area (Å²) in [6, 6.07) is 0. The number of quaternary nitrogens is 1. The van der Waals surface area contributed by atoms with Gasteiger partial charge in [0.05, 0.1) is 21.1 Å². The van der Waals surface area contributed by atoms with Crippen molar-refractivity contribution in [3.05, 3.63) is 6.92 Å². The topological polar surface area (TPSA) is 20.2 Å². The van der Waals surface area contributed by atoms with Crippen LogP contribution in [-0.4, -0.2) is 54.9 Å². The fourth-order valence-corrected chi connectivity index (χ4v) is 1.45. The third kappa shape index (κ3) is 9.27. The van der Waals surface area contributed by atoms with Gasteiger partial charge in [0.1, 0.15) is 12.6 Å². The van der Waals surface area contributed by atoms with Crippen LogP contribution in [0.2, 0.25) is 0 Å². The predicted molar refractivity (Wildman–Crippen MR) is 51.6 cm³/mol. The van der Waals surface area contributed by atoms with Crippen molar-refractivity contribution < 1.29 is 9.59 Å². The molecule has 0 aliphatic heterocycles. The van der Waals surface area contributed by atoms with Crippen molar-refractivity contribution in [2.75, 3.05) is 39.2 Å². The fraction of sp³-hybridized carbons (Fsp3) is 0.875. The summed E-state index contributed by atoms with van der Waals surface area (Å²) in [5.74, 6) is 1.65. The molecule has 2 nitrogen and oxygen atoms in total. The van der Waals surface area contributed by atoms with Crippen LogP contribution in [-0.2, 0) is 0 Å². The van der Waals surface area contributed by atoms with Gasteiger partial charge in [-0.15, -0.1) is 5.75 Å². The van der Waals surface area contributed by atoms with Crippen LogP contribution in [0.1, 0.15) is 0 Å². The molecule has 0 aromatic heterocycles. The maximum Gasteiger partial charge on any atom is 0.112 e. The summed E-state index contributed by atoms with van der Waals surface area (Å²) in [6.07, 6.45) is -0.193. The Labute approximate surface area is 74.2 Å². The van der Waals surface area contributed by atoms with Crippen LogP contribution in [0.3, 0.4) is 0 Å².